The van der Waals surface area contributed by atoms with Gasteiger partial charge in [0.15, 0.2) is 0 Å². The fourth-order valence-electron chi connectivity index (χ4n) is 1.70. The Morgan fingerprint density at radius 2 is 2.17 bits per heavy atom. The molecule has 0 radical (unpaired) electrons. The first-order valence-corrected chi connectivity index (χ1v) is 5.63. The third kappa shape index (κ3) is 2.57. The van der Waals surface area contributed by atoms with Crippen LogP contribution in [-0.2, 0) is 13.1 Å². The minimum absolute atomic E-state index is 0.0791. The van der Waals surface area contributed by atoms with Gasteiger partial charge < -0.3 is 15.0 Å². The van der Waals surface area contributed by atoms with Crippen LogP contribution in [0, 0.1) is 0 Å². The number of aromatic nitrogens is 2. The van der Waals surface area contributed by atoms with Gasteiger partial charge in [0.05, 0.1) is 19.3 Å². The van der Waals surface area contributed by atoms with E-state index in [0.29, 0.717) is 18.0 Å². The van der Waals surface area contributed by atoms with E-state index >= 15 is 0 Å². The lowest BCUT2D eigenvalue weighted by Crippen LogP contribution is -2.25. The molecule has 2 heterocycles. The van der Waals surface area contributed by atoms with E-state index in [4.69, 9.17) is 10.5 Å². The van der Waals surface area contributed by atoms with Crippen molar-refractivity contribution in [1.29, 1.82) is 0 Å². The summed E-state index contributed by atoms with van der Waals surface area (Å²) < 4.78 is 6.64. The Balaban J connectivity index is 2.31. The Labute approximate surface area is 105 Å². The van der Waals surface area contributed by atoms with Crippen LogP contribution in [0.4, 0.5) is 0 Å². The van der Waals surface area contributed by atoms with E-state index < -0.39 is 0 Å². The zero-order valence-electron chi connectivity index (χ0n) is 10.2. The Morgan fingerprint density at radius 3 is 2.89 bits per heavy atom. The zero-order valence-corrected chi connectivity index (χ0v) is 10.2. The molecule has 0 unspecified atom stereocenters. The standard InChI is InChI=1S/C13H15N3O2/c1-18-12-6-2-5-11(15-12)9-16-7-3-4-10(8-14)13(16)17/h2-7H,8-9,14H2,1H3. The second-order valence-corrected chi connectivity index (χ2v) is 3.84. The molecule has 0 aliphatic rings. The minimum Gasteiger partial charge on any atom is -0.481 e. The SMILES string of the molecule is COc1cccc(Cn2cccc(CN)c2=O)n1. The summed E-state index contributed by atoms with van der Waals surface area (Å²) in [5.41, 5.74) is 6.80. The molecule has 2 aromatic heterocycles. The summed E-state index contributed by atoms with van der Waals surface area (Å²) >= 11 is 0. The van der Waals surface area contributed by atoms with Crippen LogP contribution in [0.5, 0.6) is 5.88 Å². The van der Waals surface area contributed by atoms with E-state index in [2.05, 4.69) is 4.98 Å². The number of hydrogen-bond donors (Lipinski definition) is 1. The lowest BCUT2D eigenvalue weighted by atomic mass is 10.2. The van der Waals surface area contributed by atoms with Gasteiger partial charge >= 0.3 is 0 Å². The van der Waals surface area contributed by atoms with Gasteiger partial charge in [-0.05, 0) is 12.1 Å². The van der Waals surface area contributed by atoms with E-state index in [1.54, 1.807) is 30.0 Å². The number of pyridine rings is 2. The number of nitrogens with two attached hydrogens (primary N) is 1. The molecular formula is C13H15N3O2. The molecule has 0 aromatic carbocycles. The molecule has 2 rings (SSSR count). The lowest BCUT2D eigenvalue weighted by molar-refractivity contribution is 0.396. The Hall–Kier alpha value is -2.14. The first-order valence-electron chi connectivity index (χ1n) is 5.63. The third-order valence-electron chi connectivity index (χ3n) is 2.64. The first-order chi connectivity index (χ1) is 8.74. The molecule has 0 aliphatic heterocycles. The third-order valence-corrected chi connectivity index (χ3v) is 2.64. The Bertz CT molecular complexity index is 593. The van der Waals surface area contributed by atoms with E-state index in [-0.39, 0.29) is 12.1 Å². The lowest BCUT2D eigenvalue weighted by Gasteiger charge is -2.07. The molecule has 0 saturated heterocycles. The van der Waals surface area contributed by atoms with Gasteiger partial charge in [-0.1, -0.05) is 12.1 Å². The molecule has 94 valence electrons. The maximum atomic E-state index is 12.0. The summed E-state index contributed by atoms with van der Waals surface area (Å²) in [6.07, 6.45) is 1.72. The van der Waals surface area contributed by atoms with Crippen LogP contribution in [0.3, 0.4) is 0 Å². The van der Waals surface area contributed by atoms with Crippen molar-refractivity contribution in [2.45, 2.75) is 13.1 Å². The summed E-state index contributed by atoms with van der Waals surface area (Å²) in [4.78, 5) is 16.3. The predicted octanol–water partition coefficient (Wildman–Crippen LogP) is 0.759. The van der Waals surface area contributed by atoms with Crippen molar-refractivity contribution in [3.05, 3.63) is 58.1 Å². The topological polar surface area (TPSA) is 70.1 Å². The fraction of sp³-hybridized carbons (Fsp3) is 0.231. The molecule has 5 nitrogen and oxygen atoms in total. The van der Waals surface area contributed by atoms with Gasteiger partial charge in [0.2, 0.25) is 5.88 Å². The van der Waals surface area contributed by atoms with E-state index in [0.717, 1.165) is 5.69 Å². The maximum Gasteiger partial charge on any atom is 0.255 e. The van der Waals surface area contributed by atoms with Crippen molar-refractivity contribution in [2.24, 2.45) is 5.73 Å². The molecule has 0 aliphatic carbocycles. The summed E-state index contributed by atoms with van der Waals surface area (Å²) in [5.74, 6) is 0.538. The van der Waals surface area contributed by atoms with E-state index in [1.807, 2.05) is 18.2 Å². The first kappa shape index (κ1) is 12.3. The van der Waals surface area contributed by atoms with Crippen LogP contribution in [0.25, 0.3) is 0 Å². The van der Waals surface area contributed by atoms with E-state index in [9.17, 15) is 4.79 Å². The number of ether oxygens (including phenoxy) is 1. The number of nitrogens with zero attached hydrogens (tertiary/aromatic N) is 2. The molecule has 0 spiro atoms. The average molecular weight is 245 g/mol. The highest BCUT2D eigenvalue weighted by Gasteiger charge is 2.03. The Morgan fingerprint density at radius 1 is 1.33 bits per heavy atom. The summed E-state index contributed by atoms with van der Waals surface area (Å²) in [7, 11) is 1.56. The molecule has 0 saturated carbocycles. The van der Waals surface area contributed by atoms with Crippen molar-refractivity contribution in [3.63, 3.8) is 0 Å². The summed E-state index contributed by atoms with van der Waals surface area (Å²) in [6, 6.07) is 9.01. The van der Waals surface area contributed by atoms with Crippen LogP contribution in [0.1, 0.15) is 11.3 Å². The van der Waals surface area contributed by atoms with Crippen molar-refractivity contribution < 1.29 is 4.74 Å². The molecule has 0 amide bonds. The van der Waals surface area contributed by atoms with Gasteiger partial charge in [-0.3, -0.25) is 4.79 Å². The highest BCUT2D eigenvalue weighted by Crippen LogP contribution is 2.07. The molecule has 0 atom stereocenters. The number of hydrogen-bond acceptors (Lipinski definition) is 4. The summed E-state index contributed by atoms with van der Waals surface area (Å²) in [6.45, 7) is 0.648. The largest absolute Gasteiger partial charge is 0.481 e. The fourth-order valence-corrected chi connectivity index (χ4v) is 1.70. The quantitative estimate of drug-likeness (QED) is 0.863. The highest BCUT2D eigenvalue weighted by molar-refractivity contribution is 5.17. The normalized spacial score (nSPS) is 10.3. The molecule has 5 heteroatoms. The van der Waals surface area contributed by atoms with Crippen molar-refractivity contribution in [2.75, 3.05) is 7.11 Å². The van der Waals surface area contributed by atoms with Crippen molar-refractivity contribution in [3.8, 4) is 5.88 Å². The van der Waals surface area contributed by atoms with E-state index in [1.165, 1.54) is 0 Å². The molecule has 18 heavy (non-hydrogen) atoms. The van der Waals surface area contributed by atoms with Crippen LogP contribution in [0.2, 0.25) is 0 Å². The van der Waals surface area contributed by atoms with Crippen LogP contribution < -0.4 is 16.0 Å². The predicted molar refractivity (Wildman–Crippen MR) is 68.5 cm³/mol. The van der Waals surface area contributed by atoms with Gasteiger partial charge in [-0.2, -0.15) is 0 Å². The monoisotopic (exact) mass is 245 g/mol. The number of methoxy groups -OCH3 is 1. The van der Waals surface area contributed by atoms with Gasteiger partial charge in [-0.15, -0.1) is 0 Å². The molecule has 0 fully saturated rings. The van der Waals surface area contributed by atoms with Gasteiger partial charge in [0.25, 0.3) is 5.56 Å². The molecule has 0 bridgehead atoms. The van der Waals surface area contributed by atoms with Gasteiger partial charge in [0, 0.05) is 24.4 Å². The van der Waals surface area contributed by atoms with Crippen molar-refractivity contribution >= 4 is 0 Å². The van der Waals surface area contributed by atoms with Crippen LogP contribution in [-0.4, -0.2) is 16.7 Å². The second-order valence-electron chi connectivity index (χ2n) is 3.84. The minimum atomic E-state index is -0.0791. The molecule has 2 N–H and O–H groups in total. The summed E-state index contributed by atoms with van der Waals surface area (Å²) in [5, 5.41) is 0. The molecular weight excluding hydrogens is 230 g/mol. The van der Waals surface area contributed by atoms with Gasteiger partial charge in [0.1, 0.15) is 0 Å². The maximum absolute atomic E-state index is 12.0. The number of rotatable bonds is 4. The average Bonchev–Trinajstić information content (AvgIpc) is 2.41. The van der Waals surface area contributed by atoms with Crippen LogP contribution in [0.15, 0.2) is 41.3 Å². The smallest absolute Gasteiger partial charge is 0.255 e. The molecule has 2 aromatic rings. The Kier molecular flexibility index (Phi) is 3.74. The van der Waals surface area contributed by atoms with Crippen LogP contribution >= 0.6 is 0 Å². The zero-order chi connectivity index (χ0) is 13.0. The highest BCUT2D eigenvalue weighted by atomic mass is 16.5. The van der Waals surface area contributed by atoms with Gasteiger partial charge in [-0.25, -0.2) is 4.98 Å². The van der Waals surface area contributed by atoms with Crippen molar-refractivity contribution in [1.82, 2.24) is 9.55 Å². The second kappa shape index (κ2) is 5.46.